The van der Waals surface area contributed by atoms with Crippen molar-refractivity contribution in [3.05, 3.63) is 21.7 Å². The van der Waals surface area contributed by atoms with E-state index in [-0.39, 0.29) is 22.7 Å². The van der Waals surface area contributed by atoms with Crippen molar-refractivity contribution in [3.8, 4) is 0 Å². The fraction of sp³-hybridized carbons (Fsp3) is 0.500. The van der Waals surface area contributed by atoms with Crippen LogP contribution in [0, 0.1) is 0 Å². The summed E-state index contributed by atoms with van der Waals surface area (Å²) in [6.45, 7) is 0.0256. The lowest BCUT2D eigenvalue weighted by atomic mass is 10.3. The van der Waals surface area contributed by atoms with Crippen LogP contribution in [-0.2, 0) is 0 Å². The van der Waals surface area contributed by atoms with Gasteiger partial charge in [-0.05, 0) is 12.8 Å². The number of nitrogens with zero attached hydrogens (tertiary/aromatic N) is 1. The molecule has 0 amide bonds. The Balaban J connectivity index is 2.25. The maximum absolute atomic E-state index is 11.1. The van der Waals surface area contributed by atoms with E-state index in [9.17, 15) is 4.79 Å². The Hall–Kier alpha value is -1.07. The number of hydrogen-bond acceptors (Lipinski definition) is 4. The minimum atomic E-state index is -0.377. The van der Waals surface area contributed by atoms with Gasteiger partial charge in [0.05, 0.1) is 18.5 Å². The molecule has 0 atom stereocenters. The number of nitrogens with one attached hydrogen (secondary N) is 2. The number of H-pyrrole nitrogens is 1. The molecular weight excluding hydrogens is 206 g/mol. The van der Waals surface area contributed by atoms with Crippen LogP contribution in [-0.4, -0.2) is 27.2 Å². The number of rotatable bonds is 3. The van der Waals surface area contributed by atoms with Gasteiger partial charge in [-0.25, -0.2) is 4.98 Å². The minimum absolute atomic E-state index is 0.0256. The molecule has 1 aliphatic carbocycles. The highest BCUT2D eigenvalue weighted by atomic mass is 35.5. The Morgan fingerprint density at radius 1 is 1.71 bits per heavy atom. The molecule has 14 heavy (non-hydrogen) atoms. The topological polar surface area (TPSA) is 78.0 Å². The van der Waals surface area contributed by atoms with E-state index in [1.54, 1.807) is 0 Å². The Morgan fingerprint density at radius 3 is 3.00 bits per heavy atom. The molecule has 3 N–H and O–H groups in total. The van der Waals surface area contributed by atoms with Crippen molar-refractivity contribution in [3.63, 3.8) is 0 Å². The van der Waals surface area contributed by atoms with E-state index in [0.717, 1.165) is 12.8 Å². The van der Waals surface area contributed by atoms with Gasteiger partial charge in [-0.1, -0.05) is 11.6 Å². The molecule has 1 aromatic rings. The number of aromatic amines is 1. The first-order chi connectivity index (χ1) is 6.67. The third-order valence-electron chi connectivity index (χ3n) is 2.34. The predicted molar refractivity (Wildman–Crippen MR) is 52.5 cm³/mol. The molecule has 0 radical (unpaired) electrons. The molecule has 6 heteroatoms. The van der Waals surface area contributed by atoms with E-state index in [1.165, 1.54) is 6.33 Å². The molecule has 1 heterocycles. The van der Waals surface area contributed by atoms with Gasteiger partial charge in [0.15, 0.2) is 5.82 Å². The molecule has 0 spiro atoms. The number of hydrogen-bond donors (Lipinski definition) is 3. The summed E-state index contributed by atoms with van der Waals surface area (Å²) in [6, 6.07) is 0. The van der Waals surface area contributed by atoms with E-state index >= 15 is 0 Å². The van der Waals surface area contributed by atoms with E-state index in [2.05, 4.69) is 15.3 Å². The maximum Gasteiger partial charge on any atom is 0.271 e. The van der Waals surface area contributed by atoms with E-state index in [0.29, 0.717) is 5.82 Å². The first-order valence-electron chi connectivity index (χ1n) is 4.29. The fourth-order valence-corrected chi connectivity index (χ4v) is 1.35. The van der Waals surface area contributed by atoms with Crippen LogP contribution in [0.2, 0.25) is 5.02 Å². The van der Waals surface area contributed by atoms with Gasteiger partial charge in [-0.2, -0.15) is 0 Å². The third-order valence-corrected chi connectivity index (χ3v) is 2.69. The van der Waals surface area contributed by atoms with Crippen molar-refractivity contribution in [1.82, 2.24) is 9.97 Å². The summed E-state index contributed by atoms with van der Waals surface area (Å²) in [5.74, 6) is 0.335. The number of aliphatic hydroxyl groups excluding tert-OH is 1. The zero-order chi connectivity index (χ0) is 10.2. The van der Waals surface area contributed by atoms with Crippen molar-refractivity contribution >= 4 is 17.4 Å². The quantitative estimate of drug-likeness (QED) is 0.681. The number of anilines is 1. The molecule has 1 aliphatic rings. The molecule has 0 saturated heterocycles. The number of halogens is 1. The van der Waals surface area contributed by atoms with Crippen molar-refractivity contribution in [2.24, 2.45) is 0 Å². The zero-order valence-electron chi connectivity index (χ0n) is 7.38. The molecule has 76 valence electrons. The largest absolute Gasteiger partial charge is 0.394 e. The molecule has 5 nitrogen and oxygen atoms in total. The number of aliphatic hydroxyl groups is 1. The molecule has 1 aromatic heterocycles. The summed E-state index contributed by atoms with van der Waals surface area (Å²) in [6.07, 6.45) is 3.02. The Bertz CT molecular complexity index is 400. The molecule has 2 rings (SSSR count). The van der Waals surface area contributed by atoms with Crippen LogP contribution in [0.1, 0.15) is 12.8 Å². The van der Waals surface area contributed by atoms with Gasteiger partial charge < -0.3 is 15.4 Å². The van der Waals surface area contributed by atoms with E-state index < -0.39 is 0 Å². The summed E-state index contributed by atoms with van der Waals surface area (Å²) in [5, 5.41) is 12.1. The highest BCUT2D eigenvalue weighted by Gasteiger charge is 2.42. The van der Waals surface area contributed by atoms with Crippen LogP contribution in [0.3, 0.4) is 0 Å². The highest BCUT2D eigenvalue weighted by molar-refractivity contribution is 6.32. The summed E-state index contributed by atoms with van der Waals surface area (Å²) in [4.78, 5) is 17.4. The van der Waals surface area contributed by atoms with Crippen LogP contribution in [0.4, 0.5) is 5.82 Å². The minimum Gasteiger partial charge on any atom is -0.394 e. The van der Waals surface area contributed by atoms with Gasteiger partial charge in [0.1, 0.15) is 5.02 Å². The molecule has 1 fully saturated rings. The van der Waals surface area contributed by atoms with Gasteiger partial charge >= 0.3 is 0 Å². The van der Waals surface area contributed by atoms with Crippen LogP contribution in [0.5, 0.6) is 0 Å². The fourth-order valence-electron chi connectivity index (χ4n) is 1.19. The molecule has 0 unspecified atom stereocenters. The number of aromatic nitrogens is 2. The third kappa shape index (κ3) is 1.60. The first-order valence-corrected chi connectivity index (χ1v) is 4.67. The standard InChI is InChI=1S/C8H10ClN3O2/c9-5-6(10-4-11-7(5)14)12-8(3-13)1-2-8/h4,13H,1-3H2,(H2,10,11,12,14). The smallest absolute Gasteiger partial charge is 0.271 e. The SMILES string of the molecule is O=c1[nH]cnc(NC2(CO)CC2)c1Cl. The molecule has 1 saturated carbocycles. The average Bonchev–Trinajstić information content (AvgIpc) is 2.94. The predicted octanol–water partition coefficient (Wildman–Crippen LogP) is 0.360. The summed E-state index contributed by atoms with van der Waals surface area (Å²) >= 11 is 5.73. The second-order valence-corrected chi connectivity index (χ2v) is 3.84. The summed E-state index contributed by atoms with van der Waals surface area (Å²) in [5.41, 5.74) is -0.692. The first kappa shape index (κ1) is 9.48. The maximum atomic E-state index is 11.1. The van der Waals surface area contributed by atoms with Crippen LogP contribution < -0.4 is 10.9 Å². The van der Waals surface area contributed by atoms with Crippen molar-refractivity contribution in [1.29, 1.82) is 0 Å². The van der Waals surface area contributed by atoms with Crippen molar-refractivity contribution < 1.29 is 5.11 Å². The van der Waals surface area contributed by atoms with E-state index in [4.69, 9.17) is 16.7 Å². The monoisotopic (exact) mass is 215 g/mol. The van der Waals surface area contributed by atoms with Crippen LogP contribution in [0.15, 0.2) is 11.1 Å². The van der Waals surface area contributed by atoms with Crippen LogP contribution in [0.25, 0.3) is 0 Å². The Labute approximate surface area is 85.1 Å². The van der Waals surface area contributed by atoms with Crippen molar-refractivity contribution in [2.75, 3.05) is 11.9 Å². The normalized spacial score (nSPS) is 17.9. The molecule has 0 aromatic carbocycles. The van der Waals surface area contributed by atoms with Gasteiger partial charge in [0.2, 0.25) is 0 Å². The summed E-state index contributed by atoms with van der Waals surface area (Å²) in [7, 11) is 0. The van der Waals surface area contributed by atoms with Crippen molar-refractivity contribution in [2.45, 2.75) is 18.4 Å². The lowest BCUT2D eigenvalue weighted by molar-refractivity contribution is 0.266. The van der Waals surface area contributed by atoms with Gasteiger partial charge in [0.25, 0.3) is 5.56 Å². The van der Waals surface area contributed by atoms with Gasteiger partial charge in [-0.15, -0.1) is 0 Å². The lowest BCUT2D eigenvalue weighted by Gasteiger charge is -2.14. The van der Waals surface area contributed by atoms with E-state index in [1.807, 2.05) is 0 Å². The summed E-state index contributed by atoms with van der Waals surface area (Å²) < 4.78 is 0. The molecule has 0 aliphatic heterocycles. The second kappa shape index (κ2) is 3.25. The van der Waals surface area contributed by atoms with Gasteiger partial charge in [0, 0.05) is 0 Å². The zero-order valence-corrected chi connectivity index (χ0v) is 8.14. The lowest BCUT2D eigenvalue weighted by Crippen LogP contribution is -2.27. The second-order valence-electron chi connectivity index (χ2n) is 3.46. The average molecular weight is 216 g/mol. The highest BCUT2D eigenvalue weighted by Crippen LogP contribution is 2.38. The van der Waals surface area contributed by atoms with Crippen LogP contribution >= 0.6 is 11.6 Å². The Morgan fingerprint density at radius 2 is 2.43 bits per heavy atom. The van der Waals surface area contributed by atoms with Gasteiger partial charge in [-0.3, -0.25) is 4.79 Å². The molecule has 0 bridgehead atoms. The Kier molecular flexibility index (Phi) is 2.20. The molecular formula is C8H10ClN3O2.